The molecular formula is C11H14N2O6S2. The Balaban J connectivity index is 2.25. The summed E-state index contributed by atoms with van der Waals surface area (Å²) in [6.07, 6.45) is 0.196. The van der Waals surface area contributed by atoms with Gasteiger partial charge < -0.3 is 0 Å². The Hall–Kier alpha value is -1.52. The van der Waals surface area contributed by atoms with Gasteiger partial charge in [0, 0.05) is 17.7 Å². The molecule has 1 saturated heterocycles. The standard InChI is InChI=1S/C11H14N2O6S2/c1-11(6-7-20(16,17)8-11)12-21(18,19)10-4-2-9(3-5-10)13(14)15/h2-5,12H,6-8H2,1H3/t11-/m0/s1. The largest absolute Gasteiger partial charge is 0.269 e. The summed E-state index contributed by atoms with van der Waals surface area (Å²) in [4.78, 5) is 9.77. The number of sulfonamides is 1. The molecule has 0 unspecified atom stereocenters. The summed E-state index contributed by atoms with van der Waals surface area (Å²) in [6, 6.07) is 4.41. The molecule has 2 rings (SSSR count). The predicted molar refractivity (Wildman–Crippen MR) is 75.1 cm³/mol. The fourth-order valence-corrected chi connectivity index (χ4v) is 5.84. The van der Waals surface area contributed by atoms with Gasteiger partial charge >= 0.3 is 0 Å². The first-order valence-corrected chi connectivity index (χ1v) is 9.32. The van der Waals surface area contributed by atoms with Crippen molar-refractivity contribution >= 4 is 25.5 Å². The maximum Gasteiger partial charge on any atom is 0.269 e. The molecule has 8 nitrogen and oxygen atoms in total. The topological polar surface area (TPSA) is 123 Å². The molecule has 0 bridgehead atoms. The van der Waals surface area contributed by atoms with E-state index >= 15 is 0 Å². The van der Waals surface area contributed by atoms with Gasteiger partial charge in [-0.1, -0.05) is 0 Å². The SMILES string of the molecule is C[C@]1(NS(=O)(=O)c2ccc([N+](=O)[O-])cc2)CCS(=O)(=O)C1. The zero-order valence-electron chi connectivity index (χ0n) is 11.1. The molecule has 0 spiro atoms. The van der Waals surface area contributed by atoms with Gasteiger partial charge in [0.25, 0.3) is 5.69 Å². The summed E-state index contributed by atoms with van der Waals surface area (Å²) in [5.41, 5.74) is -1.27. The van der Waals surface area contributed by atoms with E-state index in [0.717, 1.165) is 24.3 Å². The van der Waals surface area contributed by atoms with Crippen molar-refractivity contribution in [3.05, 3.63) is 34.4 Å². The molecule has 0 aromatic heterocycles. The van der Waals surface area contributed by atoms with Crippen LogP contribution in [0, 0.1) is 10.1 Å². The van der Waals surface area contributed by atoms with Gasteiger partial charge in [-0.05, 0) is 25.5 Å². The Labute approximate surface area is 122 Å². The Bertz CT molecular complexity index is 769. The molecule has 1 heterocycles. The van der Waals surface area contributed by atoms with E-state index < -0.39 is 30.3 Å². The molecule has 21 heavy (non-hydrogen) atoms. The average Bonchev–Trinajstić information content (AvgIpc) is 2.62. The summed E-state index contributed by atoms with van der Waals surface area (Å²) in [6.45, 7) is 1.53. The van der Waals surface area contributed by atoms with Crippen molar-refractivity contribution < 1.29 is 21.8 Å². The number of rotatable bonds is 4. The van der Waals surface area contributed by atoms with Crippen LogP contribution in [0.3, 0.4) is 0 Å². The molecule has 1 aromatic carbocycles. The number of nitrogens with zero attached hydrogens (tertiary/aromatic N) is 1. The molecule has 10 heteroatoms. The minimum atomic E-state index is -3.93. The average molecular weight is 334 g/mol. The van der Waals surface area contributed by atoms with Crippen LogP contribution in [0.15, 0.2) is 29.2 Å². The number of nitro groups is 1. The van der Waals surface area contributed by atoms with Gasteiger partial charge in [-0.2, -0.15) is 0 Å². The lowest BCUT2D eigenvalue weighted by Crippen LogP contribution is -2.46. The molecule has 1 fully saturated rings. The smallest absolute Gasteiger partial charge is 0.258 e. The number of non-ortho nitro benzene ring substituents is 1. The third-order valence-corrected chi connectivity index (χ3v) is 6.80. The van der Waals surface area contributed by atoms with Crippen molar-refractivity contribution in [3.63, 3.8) is 0 Å². The Kier molecular flexibility index (Phi) is 3.80. The molecule has 0 amide bonds. The molecule has 0 aliphatic carbocycles. The van der Waals surface area contributed by atoms with Gasteiger partial charge in [-0.25, -0.2) is 21.6 Å². The fourth-order valence-electron chi connectivity index (χ4n) is 2.22. The van der Waals surface area contributed by atoms with Gasteiger partial charge in [0.05, 0.1) is 21.3 Å². The minimum Gasteiger partial charge on any atom is -0.258 e. The van der Waals surface area contributed by atoms with Crippen LogP contribution in [0.2, 0.25) is 0 Å². The van der Waals surface area contributed by atoms with Gasteiger partial charge in [-0.15, -0.1) is 0 Å². The van der Waals surface area contributed by atoms with Crippen molar-refractivity contribution in [3.8, 4) is 0 Å². The van der Waals surface area contributed by atoms with E-state index in [0.29, 0.717) is 0 Å². The summed E-state index contributed by atoms with van der Waals surface area (Å²) >= 11 is 0. The lowest BCUT2D eigenvalue weighted by atomic mass is 10.0. The third-order valence-electron chi connectivity index (χ3n) is 3.24. The number of nitrogens with one attached hydrogen (secondary N) is 1. The van der Waals surface area contributed by atoms with Gasteiger partial charge in [0.15, 0.2) is 9.84 Å². The second-order valence-corrected chi connectivity index (χ2v) is 9.13. The highest BCUT2D eigenvalue weighted by Gasteiger charge is 2.41. The summed E-state index contributed by atoms with van der Waals surface area (Å²) in [5, 5.41) is 10.5. The van der Waals surface area contributed by atoms with Gasteiger partial charge in [0.2, 0.25) is 10.0 Å². The van der Waals surface area contributed by atoms with E-state index in [9.17, 15) is 26.9 Å². The number of nitro benzene ring substituents is 1. The van der Waals surface area contributed by atoms with E-state index in [1.54, 1.807) is 0 Å². The predicted octanol–water partition coefficient (Wildman–Crippen LogP) is 0.450. The second kappa shape index (κ2) is 5.04. The van der Waals surface area contributed by atoms with E-state index in [1.165, 1.54) is 6.92 Å². The van der Waals surface area contributed by atoms with Crippen LogP contribution in [0.4, 0.5) is 5.69 Å². The van der Waals surface area contributed by atoms with E-state index in [2.05, 4.69) is 4.72 Å². The van der Waals surface area contributed by atoms with Crippen LogP contribution in [0.1, 0.15) is 13.3 Å². The van der Waals surface area contributed by atoms with Crippen molar-refractivity contribution in [1.29, 1.82) is 0 Å². The highest BCUT2D eigenvalue weighted by Crippen LogP contribution is 2.25. The van der Waals surface area contributed by atoms with Crippen molar-refractivity contribution in [2.24, 2.45) is 0 Å². The molecule has 1 aromatic rings. The molecule has 0 saturated carbocycles. The quantitative estimate of drug-likeness (QED) is 0.630. The first-order valence-electron chi connectivity index (χ1n) is 6.02. The fraction of sp³-hybridized carbons (Fsp3) is 0.455. The van der Waals surface area contributed by atoms with Crippen LogP contribution in [0.5, 0.6) is 0 Å². The molecule has 1 N–H and O–H groups in total. The monoisotopic (exact) mass is 334 g/mol. The molecular weight excluding hydrogens is 320 g/mol. The lowest BCUT2D eigenvalue weighted by Gasteiger charge is -2.23. The second-order valence-electron chi connectivity index (χ2n) is 5.26. The van der Waals surface area contributed by atoms with Gasteiger partial charge in [-0.3, -0.25) is 10.1 Å². The van der Waals surface area contributed by atoms with E-state index in [-0.39, 0.29) is 28.5 Å². The van der Waals surface area contributed by atoms with Crippen LogP contribution in [-0.4, -0.2) is 38.8 Å². The summed E-state index contributed by atoms with van der Waals surface area (Å²) in [7, 11) is -7.17. The Morgan fingerprint density at radius 1 is 1.29 bits per heavy atom. The number of benzene rings is 1. The Morgan fingerprint density at radius 2 is 1.86 bits per heavy atom. The zero-order chi connectivity index (χ0) is 15.9. The van der Waals surface area contributed by atoms with Crippen molar-refractivity contribution in [2.45, 2.75) is 23.8 Å². The highest BCUT2D eigenvalue weighted by molar-refractivity contribution is 7.92. The molecule has 1 atom stereocenters. The highest BCUT2D eigenvalue weighted by atomic mass is 32.2. The first-order chi connectivity index (χ1) is 9.53. The normalized spacial score (nSPS) is 24.8. The molecule has 1 aliphatic rings. The lowest BCUT2D eigenvalue weighted by molar-refractivity contribution is -0.384. The maximum atomic E-state index is 12.2. The van der Waals surface area contributed by atoms with Crippen LogP contribution < -0.4 is 4.72 Å². The van der Waals surface area contributed by atoms with Crippen molar-refractivity contribution in [2.75, 3.05) is 11.5 Å². The first kappa shape index (κ1) is 15.9. The summed E-state index contributed by atoms with van der Waals surface area (Å²) in [5.74, 6) is -0.321. The van der Waals surface area contributed by atoms with Crippen LogP contribution >= 0.6 is 0 Å². The number of hydrogen-bond acceptors (Lipinski definition) is 6. The Morgan fingerprint density at radius 3 is 2.29 bits per heavy atom. The maximum absolute atomic E-state index is 12.2. The number of sulfone groups is 1. The minimum absolute atomic E-state index is 0.0632. The molecule has 116 valence electrons. The number of hydrogen-bond donors (Lipinski definition) is 1. The van der Waals surface area contributed by atoms with E-state index in [4.69, 9.17) is 0 Å². The molecule has 1 aliphatic heterocycles. The third kappa shape index (κ3) is 3.57. The van der Waals surface area contributed by atoms with Crippen LogP contribution in [0.25, 0.3) is 0 Å². The van der Waals surface area contributed by atoms with Crippen molar-refractivity contribution in [1.82, 2.24) is 4.72 Å². The van der Waals surface area contributed by atoms with Crippen LogP contribution in [-0.2, 0) is 19.9 Å². The summed E-state index contributed by atoms with van der Waals surface area (Å²) < 4.78 is 49.8. The molecule has 0 radical (unpaired) electrons. The zero-order valence-corrected chi connectivity index (χ0v) is 12.8. The van der Waals surface area contributed by atoms with E-state index in [1.807, 2.05) is 0 Å². The van der Waals surface area contributed by atoms with Gasteiger partial charge in [0.1, 0.15) is 0 Å².